The van der Waals surface area contributed by atoms with E-state index < -0.39 is 0 Å². The summed E-state index contributed by atoms with van der Waals surface area (Å²) in [6.07, 6.45) is 19.7. The molecule has 0 bridgehead atoms. The van der Waals surface area contributed by atoms with Crippen molar-refractivity contribution in [2.75, 3.05) is 25.0 Å². The van der Waals surface area contributed by atoms with Gasteiger partial charge in [0.2, 0.25) is 11.9 Å². The Hall–Kier alpha value is -4.14. The number of pyridine rings is 1. The van der Waals surface area contributed by atoms with Crippen molar-refractivity contribution in [2.45, 2.75) is 38.3 Å². The number of hydrogen-bond donors (Lipinski definition) is 1. The number of amides is 1. The van der Waals surface area contributed by atoms with Gasteiger partial charge >= 0.3 is 0 Å². The Morgan fingerprint density at radius 3 is 2.75 bits per heavy atom. The van der Waals surface area contributed by atoms with Crippen LogP contribution in [0.1, 0.15) is 25.7 Å². The van der Waals surface area contributed by atoms with Crippen molar-refractivity contribution in [3.8, 4) is 22.4 Å². The molecule has 9 nitrogen and oxygen atoms in total. The Balaban J connectivity index is 1.22. The molecule has 3 aromatic heterocycles. The maximum Gasteiger partial charge on any atom is 0.244 e. The van der Waals surface area contributed by atoms with Crippen LogP contribution < -0.4 is 5.32 Å². The molecule has 1 unspecified atom stereocenters. The van der Waals surface area contributed by atoms with Gasteiger partial charge in [-0.05, 0) is 43.4 Å². The second-order valence-electron chi connectivity index (χ2n) is 9.37. The zero-order valence-corrected chi connectivity index (χ0v) is 20.0. The normalized spacial score (nSPS) is 19.0. The van der Waals surface area contributed by atoms with E-state index in [4.69, 9.17) is 5.10 Å². The Bertz CT molecular complexity index is 1340. The quantitative estimate of drug-likeness (QED) is 0.579. The minimum Gasteiger partial charge on any atom is -0.351 e. The van der Waals surface area contributed by atoms with Crippen molar-refractivity contribution in [2.24, 2.45) is 4.99 Å². The predicted octanol–water partition coefficient (Wildman–Crippen LogP) is 3.54. The lowest BCUT2D eigenvalue weighted by atomic mass is 10.0. The van der Waals surface area contributed by atoms with Crippen LogP contribution in [0.15, 0.2) is 71.4 Å². The van der Waals surface area contributed by atoms with Gasteiger partial charge in [-0.25, -0.2) is 9.97 Å². The molecule has 3 aromatic rings. The highest BCUT2D eigenvalue weighted by Gasteiger charge is 2.24. The number of nitrogens with one attached hydrogen (secondary N) is 1. The molecule has 6 rings (SSSR count). The number of hydrogen-bond acceptors (Lipinski definition) is 7. The third-order valence-electron chi connectivity index (χ3n) is 6.94. The van der Waals surface area contributed by atoms with E-state index in [0.717, 1.165) is 41.6 Å². The molecular formula is C27H28N8O. The molecule has 182 valence electrons. The topological polar surface area (TPSA) is 101 Å². The summed E-state index contributed by atoms with van der Waals surface area (Å²) in [6, 6.07) is 4.17. The van der Waals surface area contributed by atoms with Crippen LogP contribution in [0, 0.1) is 0 Å². The fraction of sp³-hybridized carbons (Fsp3) is 0.333. The van der Waals surface area contributed by atoms with Crippen LogP contribution in [0.5, 0.6) is 0 Å². The Kier molecular flexibility index (Phi) is 6.11. The summed E-state index contributed by atoms with van der Waals surface area (Å²) >= 11 is 0. The molecule has 0 aromatic carbocycles. The van der Waals surface area contributed by atoms with Gasteiger partial charge in [0.1, 0.15) is 12.2 Å². The third-order valence-corrected chi connectivity index (χ3v) is 6.94. The van der Waals surface area contributed by atoms with E-state index >= 15 is 0 Å². The van der Waals surface area contributed by atoms with Crippen LogP contribution in [0.25, 0.3) is 22.4 Å². The number of carbonyl (C=O) groups is 1. The Labute approximate surface area is 209 Å². The van der Waals surface area contributed by atoms with Crippen LogP contribution in [0.3, 0.4) is 0 Å². The first kappa shape index (κ1) is 22.3. The number of anilines is 1. The monoisotopic (exact) mass is 480 g/mol. The van der Waals surface area contributed by atoms with Gasteiger partial charge in [0.15, 0.2) is 0 Å². The van der Waals surface area contributed by atoms with Gasteiger partial charge < -0.3 is 10.2 Å². The molecular weight excluding hydrogens is 452 g/mol. The van der Waals surface area contributed by atoms with Crippen molar-refractivity contribution >= 4 is 18.1 Å². The molecule has 0 saturated heterocycles. The average Bonchev–Trinajstić information content (AvgIpc) is 3.54. The second-order valence-corrected chi connectivity index (χ2v) is 9.37. The molecule has 0 saturated carbocycles. The van der Waals surface area contributed by atoms with Gasteiger partial charge in [-0.15, -0.1) is 0 Å². The lowest BCUT2D eigenvalue weighted by Crippen LogP contribution is -2.39. The molecule has 9 heteroatoms. The van der Waals surface area contributed by atoms with E-state index in [1.165, 1.54) is 12.0 Å². The van der Waals surface area contributed by atoms with Gasteiger partial charge in [-0.3, -0.25) is 19.5 Å². The number of carbonyl (C=O) groups excluding carboxylic acids is 1. The number of rotatable bonds is 6. The summed E-state index contributed by atoms with van der Waals surface area (Å²) in [6.45, 7) is 1.99. The Morgan fingerprint density at radius 2 is 1.97 bits per heavy atom. The van der Waals surface area contributed by atoms with Crippen LogP contribution in [0.4, 0.5) is 5.95 Å². The number of aliphatic imine (C=N–C) groups is 1. The summed E-state index contributed by atoms with van der Waals surface area (Å²) in [5.74, 6) is 0.655. The number of allylic oxidation sites excluding steroid dienone is 2. The zero-order valence-electron chi connectivity index (χ0n) is 20.0. The molecule has 0 spiro atoms. The number of aromatic nitrogens is 5. The summed E-state index contributed by atoms with van der Waals surface area (Å²) in [4.78, 5) is 32.2. The summed E-state index contributed by atoms with van der Waals surface area (Å²) in [7, 11) is 0. The summed E-state index contributed by atoms with van der Waals surface area (Å²) in [5.41, 5.74) is 6.46. The molecule has 0 fully saturated rings. The van der Waals surface area contributed by atoms with E-state index in [9.17, 15) is 4.79 Å². The molecule has 4 heterocycles. The van der Waals surface area contributed by atoms with Gasteiger partial charge in [0.05, 0.1) is 13.1 Å². The SMILES string of the molecule is O=C(Cn1cc(-c2cnc(NC3CC4=C(CCC=C4)C3)nc2)c(-c2ccncc2)n1)N1CC=NCC1. The third kappa shape index (κ3) is 4.68. The largest absolute Gasteiger partial charge is 0.351 e. The fourth-order valence-electron chi connectivity index (χ4n) is 5.09. The van der Waals surface area contributed by atoms with Crippen molar-refractivity contribution in [3.63, 3.8) is 0 Å². The van der Waals surface area contributed by atoms with E-state index in [1.54, 1.807) is 33.8 Å². The first-order valence-corrected chi connectivity index (χ1v) is 12.4. The first-order valence-electron chi connectivity index (χ1n) is 12.4. The van der Waals surface area contributed by atoms with E-state index in [0.29, 0.717) is 31.6 Å². The fourth-order valence-corrected chi connectivity index (χ4v) is 5.09. The lowest BCUT2D eigenvalue weighted by Gasteiger charge is -2.22. The van der Waals surface area contributed by atoms with E-state index in [-0.39, 0.29) is 12.5 Å². The van der Waals surface area contributed by atoms with Crippen molar-refractivity contribution in [3.05, 3.63) is 66.4 Å². The average molecular weight is 481 g/mol. The number of nitrogens with zero attached hydrogens (tertiary/aromatic N) is 7. The molecule has 1 amide bonds. The second kappa shape index (κ2) is 9.85. The summed E-state index contributed by atoms with van der Waals surface area (Å²) in [5, 5.41) is 8.27. The highest BCUT2D eigenvalue weighted by Crippen LogP contribution is 2.35. The molecule has 0 radical (unpaired) electrons. The molecule has 36 heavy (non-hydrogen) atoms. The lowest BCUT2D eigenvalue weighted by molar-refractivity contribution is -0.131. The minimum atomic E-state index is 0.0231. The van der Waals surface area contributed by atoms with Crippen LogP contribution in [-0.2, 0) is 11.3 Å². The Morgan fingerprint density at radius 1 is 1.11 bits per heavy atom. The molecule has 2 aliphatic carbocycles. The smallest absolute Gasteiger partial charge is 0.244 e. The predicted molar refractivity (Wildman–Crippen MR) is 138 cm³/mol. The highest BCUT2D eigenvalue weighted by atomic mass is 16.2. The minimum absolute atomic E-state index is 0.0231. The zero-order chi connectivity index (χ0) is 24.3. The first-order chi connectivity index (χ1) is 17.7. The molecule has 1 aliphatic heterocycles. The molecule has 1 atom stereocenters. The van der Waals surface area contributed by atoms with Crippen molar-refractivity contribution in [1.29, 1.82) is 0 Å². The van der Waals surface area contributed by atoms with Gasteiger partial charge in [-0.1, -0.05) is 17.7 Å². The highest BCUT2D eigenvalue weighted by molar-refractivity contribution is 5.82. The van der Waals surface area contributed by atoms with Crippen LogP contribution in [-0.4, -0.2) is 67.4 Å². The maximum absolute atomic E-state index is 12.8. The standard InChI is InChI=1S/C27H28N8O/c36-25(34-11-9-29-10-12-34)18-35-17-24(26(33-35)19-5-7-28-8-6-19)22-15-30-27(31-16-22)32-23-13-20-3-1-2-4-21(20)14-23/h1,3,5-9,15-17,23H,2,4,10-14,18H2,(H,30,31,32). The van der Waals surface area contributed by atoms with Gasteiger partial charge in [0, 0.05) is 66.5 Å². The maximum atomic E-state index is 12.8. The van der Waals surface area contributed by atoms with Crippen molar-refractivity contribution in [1.82, 2.24) is 29.6 Å². The van der Waals surface area contributed by atoms with Gasteiger partial charge in [-0.2, -0.15) is 5.10 Å². The van der Waals surface area contributed by atoms with Crippen LogP contribution >= 0.6 is 0 Å². The molecule has 3 aliphatic rings. The van der Waals surface area contributed by atoms with E-state index in [2.05, 4.69) is 37.4 Å². The van der Waals surface area contributed by atoms with E-state index in [1.807, 2.05) is 30.7 Å². The van der Waals surface area contributed by atoms with Gasteiger partial charge in [0.25, 0.3) is 0 Å². The van der Waals surface area contributed by atoms with Crippen molar-refractivity contribution < 1.29 is 4.79 Å². The molecule has 1 N–H and O–H groups in total. The van der Waals surface area contributed by atoms with Crippen LogP contribution in [0.2, 0.25) is 0 Å². The summed E-state index contributed by atoms with van der Waals surface area (Å²) < 4.78 is 1.70.